The van der Waals surface area contributed by atoms with E-state index in [1.54, 1.807) is 24.9 Å². The molecule has 0 aliphatic heterocycles. The Morgan fingerprint density at radius 3 is 2.70 bits per heavy atom. The maximum absolute atomic E-state index is 6.21. The molecule has 0 aliphatic carbocycles. The zero-order valence-electron chi connectivity index (χ0n) is 11.1. The summed E-state index contributed by atoms with van der Waals surface area (Å²) in [5.41, 5.74) is 8.03. The van der Waals surface area contributed by atoms with Gasteiger partial charge in [-0.05, 0) is 25.1 Å². The van der Waals surface area contributed by atoms with Crippen molar-refractivity contribution in [1.82, 2.24) is 4.98 Å². The number of nitrogens with zero attached hydrogens (tertiary/aromatic N) is 1. The van der Waals surface area contributed by atoms with E-state index >= 15 is 0 Å². The maximum Gasteiger partial charge on any atom is 0.134 e. The molecule has 0 spiro atoms. The van der Waals surface area contributed by atoms with Gasteiger partial charge in [-0.15, -0.1) is 11.8 Å². The number of hydrogen-bond donors (Lipinski definition) is 1. The first-order chi connectivity index (χ1) is 9.51. The van der Waals surface area contributed by atoms with Gasteiger partial charge in [-0.2, -0.15) is 0 Å². The molecule has 3 nitrogen and oxygen atoms in total. The molecule has 2 aromatic rings. The molecule has 0 radical (unpaired) electrons. The Kier molecular flexibility index (Phi) is 5.02. The molecule has 0 aliphatic rings. The number of ether oxygens (including phenoxy) is 1. The molecule has 1 aromatic heterocycles. The van der Waals surface area contributed by atoms with Crippen LogP contribution in [0.2, 0.25) is 10.2 Å². The molecule has 1 aromatic carbocycles. The molecule has 2 N–H and O–H groups in total. The Bertz CT molecular complexity index is 612. The normalized spacial score (nSPS) is 10.6. The smallest absolute Gasteiger partial charge is 0.134 e. The lowest BCUT2D eigenvalue weighted by molar-refractivity contribution is 0.405. The van der Waals surface area contributed by atoms with E-state index in [1.807, 2.05) is 25.1 Å². The van der Waals surface area contributed by atoms with Gasteiger partial charge in [0.05, 0.1) is 7.11 Å². The molecule has 1 heterocycles. The Labute approximate surface area is 132 Å². The second-order valence-electron chi connectivity index (χ2n) is 4.21. The second-order valence-corrected chi connectivity index (χ2v) is 6.00. The van der Waals surface area contributed by atoms with Gasteiger partial charge in [0.25, 0.3) is 0 Å². The Hall–Kier alpha value is -1.10. The quantitative estimate of drug-likeness (QED) is 0.507. The maximum atomic E-state index is 6.21. The van der Waals surface area contributed by atoms with Crippen LogP contribution in [0.4, 0.5) is 5.69 Å². The molecule has 0 unspecified atom stereocenters. The van der Waals surface area contributed by atoms with Crippen molar-refractivity contribution in [2.45, 2.75) is 17.6 Å². The number of aromatic nitrogens is 1. The summed E-state index contributed by atoms with van der Waals surface area (Å²) in [4.78, 5) is 5.20. The predicted octanol–water partition coefficient (Wildman–Crippen LogP) is 4.58. The van der Waals surface area contributed by atoms with E-state index in [0.717, 1.165) is 21.9 Å². The largest absolute Gasteiger partial charge is 0.496 e. The van der Waals surface area contributed by atoms with Crippen LogP contribution in [0.25, 0.3) is 0 Å². The van der Waals surface area contributed by atoms with Crippen LogP contribution in [0, 0.1) is 6.92 Å². The van der Waals surface area contributed by atoms with Crippen molar-refractivity contribution in [1.29, 1.82) is 0 Å². The highest BCUT2D eigenvalue weighted by molar-refractivity contribution is 7.98. The third-order valence-corrected chi connectivity index (χ3v) is 4.44. The number of nitrogen functional groups attached to an aromatic ring is 1. The Morgan fingerprint density at radius 1 is 1.30 bits per heavy atom. The third kappa shape index (κ3) is 3.51. The number of hydrogen-bond acceptors (Lipinski definition) is 4. The van der Waals surface area contributed by atoms with Gasteiger partial charge in [-0.1, -0.05) is 23.2 Å². The summed E-state index contributed by atoms with van der Waals surface area (Å²) in [6.45, 7) is 1.86. The zero-order chi connectivity index (χ0) is 14.7. The predicted molar refractivity (Wildman–Crippen MR) is 86.0 cm³/mol. The molecule has 0 saturated carbocycles. The first-order valence-electron chi connectivity index (χ1n) is 5.89. The van der Waals surface area contributed by atoms with Crippen molar-refractivity contribution < 1.29 is 4.74 Å². The lowest BCUT2D eigenvalue weighted by atomic mass is 10.3. The minimum atomic E-state index is 0.442. The van der Waals surface area contributed by atoms with Gasteiger partial charge in [0.1, 0.15) is 10.9 Å². The fourth-order valence-corrected chi connectivity index (χ4v) is 3.57. The topological polar surface area (TPSA) is 48.1 Å². The summed E-state index contributed by atoms with van der Waals surface area (Å²) >= 11 is 13.9. The molecule has 0 amide bonds. The number of rotatable bonds is 4. The fourth-order valence-electron chi connectivity index (χ4n) is 1.71. The number of halogens is 2. The van der Waals surface area contributed by atoms with Crippen LogP contribution in [-0.2, 0) is 5.75 Å². The van der Waals surface area contributed by atoms with Gasteiger partial charge in [0, 0.05) is 38.7 Å². The molecule has 6 heteroatoms. The molecular weight excluding hydrogens is 315 g/mol. The lowest BCUT2D eigenvalue weighted by Gasteiger charge is -2.11. The van der Waals surface area contributed by atoms with Crippen LogP contribution in [0.1, 0.15) is 11.3 Å². The van der Waals surface area contributed by atoms with Gasteiger partial charge in [0.2, 0.25) is 0 Å². The van der Waals surface area contributed by atoms with E-state index < -0.39 is 0 Å². The van der Waals surface area contributed by atoms with Crippen molar-refractivity contribution in [3.63, 3.8) is 0 Å². The Balaban J connectivity index is 2.21. The van der Waals surface area contributed by atoms with Crippen molar-refractivity contribution in [3.8, 4) is 5.75 Å². The SMILES string of the molecule is COc1cc(N)ccc1SCc1c(Cl)cc(C)nc1Cl. The molecule has 0 bridgehead atoms. The van der Waals surface area contributed by atoms with Crippen LogP contribution in [0.3, 0.4) is 0 Å². The van der Waals surface area contributed by atoms with Gasteiger partial charge in [-0.25, -0.2) is 4.98 Å². The summed E-state index contributed by atoms with van der Waals surface area (Å²) in [5, 5.41) is 1.07. The minimum Gasteiger partial charge on any atom is -0.496 e. The highest BCUT2D eigenvalue weighted by Crippen LogP contribution is 2.36. The summed E-state index contributed by atoms with van der Waals surface area (Å²) in [7, 11) is 1.62. The average molecular weight is 329 g/mol. The van der Waals surface area contributed by atoms with E-state index in [9.17, 15) is 0 Å². The molecule has 0 fully saturated rings. The number of aryl methyl sites for hydroxylation is 1. The Morgan fingerprint density at radius 2 is 2.05 bits per heavy atom. The average Bonchev–Trinajstić information content (AvgIpc) is 2.38. The molecule has 106 valence electrons. The van der Waals surface area contributed by atoms with E-state index in [4.69, 9.17) is 33.7 Å². The van der Waals surface area contributed by atoms with Crippen LogP contribution < -0.4 is 10.5 Å². The second kappa shape index (κ2) is 6.57. The number of benzene rings is 1. The standard InChI is InChI=1S/C14H14Cl2N2OS/c1-8-5-11(15)10(14(16)18-8)7-20-13-4-3-9(17)6-12(13)19-2/h3-6H,7,17H2,1-2H3. The van der Waals surface area contributed by atoms with Crippen molar-refractivity contribution in [2.75, 3.05) is 12.8 Å². The van der Waals surface area contributed by atoms with E-state index in [0.29, 0.717) is 21.6 Å². The molecule has 0 saturated heterocycles. The zero-order valence-corrected chi connectivity index (χ0v) is 13.4. The summed E-state index contributed by atoms with van der Waals surface area (Å²) in [6, 6.07) is 7.35. The summed E-state index contributed by atoms with van der Waals surface area (Å²) in [6.07, 6.45) is 0. The number of pyridine rings is 1. The van der Waals surface area contributed by atoms with Crippen molar-refractivity contribution in [2.24, 2.45) is 0 Å². The minimum absolute atomic E-state index is 0.442. The van der Waals surface area contributed by atoms with E-state index in [2.05, 4.69) is 4.98 Å². The number of anilines is 1. The number of nitrogens with two attached hydrogens (primary N) is 1. The van der Waals surface area contributed by atoms with Crippen LogP contribution >= 0.6 is 35.0 Å². The first kappa shape index (κ1) is 15.3. The first-order valence-corrected chi connectivity index (χ1v) is 7.63. The monoisotopic (exact) mass is 328 g/mol. The number of thioether (sulfide) groups is 1. The van der Waals surface area contributed by atoms with Gasteiger partial charge in [0.15, 0.2) is 0 Å². The fraction of sp³-hybridized carbons (Fsp3) is 0.214. The van der Waals surface area contributed by atoms with Gasteiger partial charge >= 0.3 is 0 Å². The summed E-state index contributed by atoms with van der Waals surface area (Å²) in [5.74, 6) is 1.35. The van der Waals surface area contributed by atoms with E-state index in [1.165, 1.54) is 0 Å². The third-order valence-electron chi connectivity index (χ3n) is 2.71. The molecule has 0 atom stereocenters. The highest BCUT2D eigenvalue weighted by Gasteiger charge is 2.11. The van der Waals surface area contributed by atoms with E-state index in [-0.39, 0.29) is 0 Å². The van der Waals surface area contributed by atoms with Crippen LogP contribution in [0.15, 0.2) is 29.2 Å². The molecule has 2 rings (SSSR count). The van der Waals surface area contributed by atoms with Crippen LogP contribution in [0.5, 0.6) is 5.75 Å². The lowest BCUT2D eigenvalue weighted by Crippen LogP contribution is -1.93. The number of methoxy groups -OCH3 is 1. The van der Waals surface area contributed by atoms with Gasteiger partial charge < -0.3 is 10.5 Å². The van der Waals surface area contributed by atoms with Crippen LogP contribution in [-0.4, -0.2) is 12.1 Å². The highest BCUT2D eigenvalue weighted by atomic mass is 35.5. The van der Waals surface area contributed by atoms with Crippen molar-refractivity contribution in [3.05, 3.63) is 45.7 Å². The van der Waals surface area contributed by atoms with Crippen molar-refractivity contribution >= 4 is 40.7 Å². The molecular formula is C14H14Cl2N2OS. The summed E-state index contributed by atoms with van der Waals surface area (Å²) < 4.78 is 5.31. The molecule has 20 heavy (non-hydrogen) atoms. The van der Waals surface area contributed by atoms with Gasteiger partial charge in [-0.3, -0.25) is 0 Å².